The van der Waals surface area contributed by atoms with Gasteiger partial charge in [-0.1, -0.05) is 71.8 Å². The average Bonchev–Trinajstić information content (AvgIpc) is 0.794. The first kappa shape index (κ1) is 62.5. The van der Waals surface area contributed by atoms with Crippen LogP contribution in [0, 0.1) is 40.9 Å². The number of anilines is 3. The van der Waals surface area contributed by atoms with Gasteiger partial charge in [-0.15, -0.1) is 0 Å². The summed E-state index contributed by atoms with van der Waals surface area (Å²) in [5, 5.41) is 42.6. The fourth-order valence-electron chi connectivity index (χ4n) is 12.0. The van der Waals surface area contributed by atoms with E-state index in [-0.39, 0.29) is 34.4 Å². The van der Waals surface area contributed by atoms with Crippen LogP contribution < -0.4 is 29.7 Å². The SMILES string of the molecule is COc1ccc(C(=O)N2CCN(C3=C(C#N)C(O)N(C)c4ccc(Cl)cc43)CC2)cc1.Cc1ccc2nc(OCc3ccccc3)c(C#N)c(N3CCN(C(=O)c4ccco4)CC3)c2c1.Cn1c(=O)c(C#N)c(N2CCN(C(=O)c3cnc[nH]3)CC2)c2ccccc21. The lowest BCUT2D eigenvalue weighted by atomic mass is 9.96. The van der Waals surface area contributed by atoms with Crippen molar-refractivity contribution in [1.82, 2.24) is 39.1 Å². The molecular formula is C69H65ClN14O8. The number of H-pyrrole nitrogens is 1. The molecule has 466 valence electrons. The Morgan fingerprint density at radius 2 is 1.33 bits per heavy atom. The monoisotopic (exact) mass is 1250 g/mol. The Bertz CT molecular complexity index is 4420. The van der Waals surface area contributed by atoms with E-state index >= 15 is 0 Å². The zero-order chi connectivity index (χ0) is 64.6. The minimum atomic E-state index is -1.03. The number of halogens is 1. The molecule has 9 aromatic rings. The zero-order valence-corrected chi connectivity index (χ0v) is 51.9. The maximum atomic E-state index is 12.9. The Hall–Kier alpha value is -11.1. The molecule has 22 nitrogen and oxygen atoms in total. The van der Waals surface area contributed by atoms with Gasteiger partial charge in [0.2, 0.25) is 5.88 Å². The Kier molecular flexibility index (Phi) is 18.8. The predicted molar refractivity (Wildman–Crippen MR) is 348 cm³/mol. The molecule has 1 unspecified atom stereocenters. The number of hydrogen-bond donors (Lipinski definition) is 2. The number of amides is 3. The number of imidazole rings is 1. The van der Waals surface area contributed by atoms with E-state index in [1.807, 2.05) is 90.7 Å². The van der Waals surface area contributed by atoms with Gasteiger partial charge in [0.25, 0.3) is 23.3 Å². The van der Waals surface area contributed by atoms with Crippen LogP contribution in [-0.2, 0) is 13.7 Å². The molecule has 2 N–H and O–H groups in total. The molecular weight excluding hydrogens is 1190 g/mol. The Labute approximate surface area is 535 Å². The summed E-state index contributed by atoms with van der Waals surface area (Å²) in [7, 11) is 5.01. The summed E-state index contributed by atoms with van der Waals surface area (Å²) in [4.78, 5) is 75.3. The summed E-state index contributed by atoms with van der Waals surface area (Å²) in [5.41, 5.74) is 9.03. The van der Waals surface area contributed by atoms with Crippen molar-refractivity contribution in [2.75, 3.05) is 107 Å². The van der Waals surface area contributed by atoms with E-state index in [9.17, 15) is 40.1 Å². The molecule has 3 saturated heterocycles. The first-order chi connectivity index (χ1) is 44.7. The van der Waals surface area contributed by atoms with Crippen molar-refractivity contribution in [2.24, 2.45) is 7.05 Å². The van der Waals surface area contributed by atoms with Crippen LogP contribution in [0.4, 0.5) is 17.1 Å². The largest absolute Gasteiger partial charge is 0.497 e. The van der Waals surface area contributed by atoms with E-state index in [1.54, 1.807) is 83.3 Å². The van der Waals surface area contributed by atoms with Crippen LogP contribution in [0.25, 0.3) is 27.5 Å². The molecule has 13 rings (SSSR count). The third kappa shape index (κ3) is 12.9. The van der Waals surface area contributed by atoms with Crippen molar-refractivity contribution >= 4 is 73.9 Å². The molecule has 5 aromatic carbocycles. The second kappa shape index (κ2) is 27.7. The van der Waals surface area contributed by atoms with Gasteiger partial charge in [-0.25, -0.2) is 9.97 Å². The topological polar surface area (TPSA) is 261 Å². The molecule has 92 heavy (non-hydrogen) atoms. The molecule has 3 fully saturated rings. The molecule has 0 saturated carbocycles. The Balaban J connectivity index is 0.000000142. The van der Waals surface area contributed by atoms with Crippen LogP contribution in [0.1, 0.15) is 59.2 Å². The van der Waals surface area contributed by atoms with Gasteiger partial charge < -0.3 is 62.8 Å². The smallest absolute Gasteiger partial charge is 0.289 e. The standard InChI is InChI=1S/C27H24N4O3.C23H23ClN4O3.C19H18N6O2/c1-19-9-10-23-21(16-19)25(22(17-28)26(29-23)34-18-20-6-3-2-4-7-20)30-11-13-31(14-12-30)27(32)24-8-5-15-33-24;1-26-20-8-5-16(24)13-18(20)21(19(14-25)23(26)30)27-9-11-28(12-10-27)22(29)15-3-6-17(31-2)7-4-15;1-23-16-5-3-2-4-13(16)17(14(10-20)18(23)26)24-6-8-25(9-7-24)19(27)15-11-21-12-22-15/h2-10,15-16H,11-14,18H2,1H3;3-8,13,23,30H,9-12H2,1-2H3;2-5,11-12H,6-9H2,1H3,(H,21,22). The normalized spacial score (nSPS) is 15.5. The summed E-state index contributed by atoms with van der Waals surface area (Å²) in [5.74, 6) is 1.12. The van der Waals surface area contributed by atoms with Crippen molar-refractivity contribution in [3.63, 3.8) is 0 Å². The highest BCUT2D eigenvalue weighted by atomic mass is 35.5. The lowest BCUT2D eigenvalue weighted by molar-refractivity contribution is 0.0682. The molecule has 23 heteroatoms. The average molecular weight is 1250 g/mol. The number of carbonyl (C=O) groups excluding carboxylic acids is 3. The lowest BCUT2D eigenvalue weighted by Gasteiger charge is -2.42. The van der Waals surface area contributed by atoms with Crippen LogP contribution >= 0.6 is 11.6 Å². The summed E-state index contributed by atoms with van der Waals surface area (Å²) in [6, 6.07) is 45.9. The number of piperazine rings is 3. The molecule has 8 heterocycles. The van der Waals surface area contributed by atoms with E-state index in [0.29, 0.717) is 136 Å². The van der Waals surface area contributed by atoms with Gasteiger partial charge in [-0.3, -0.25) is 19.2 Å². The fraction of sp³-hybridized carbons (Fsp3) is 0.261. The van der Waals surface area contributed by atoms with Crippen LogP contribution in [0.2, 0.25) is 5.02 Å². The molecule has 4 aromatic heterocycles. The number of aliphatic hydroxyl groups is 1. The number of para-hydroxylation sites is 1. The number of nitrogens with zero attached hydrogens (tertiary/aromatic N) is 13. The number of likely N-dealkylation sites (N-methyl/N-ethyl adjacent to an activating group) is 1. The van der Waals surface area contributed by atoms with Crippen LogP contribution in [0.5, 0.6) is 11.6 Å². The van der Waals surface area contributed by atoms with E-state index < -0.39 is 6.23 Å². The van der Waals surface area contributed by atoms with E-state index in [2.05, 4.69) is 49.0 Å². The van der Waals surface area contributed by atoms with Crippen molar-refractivity contribution in [2.45, 2.75) is 19.8 Å². The van der Waals surface area contributed by atoms with Crippen molar-refractivity contribution in [3.05, 3.63) is 212 Å². The van der Waals surface area contributed by atoms with E-state index in [4.69, 9.17) is 25.5 Å². The van der Waals surface area contributed by atoms with Gasteiger partial charge in [-0.2, -0.15) is 15.8 Å². The number of rotatable bonds is 10. The quantitative estimate of drug-likeness (QED) is 0.130. The number of benzene rings is 5. The Morgan fingerprint density at radius 1 is 0.696 bits per heavy atom. The molecule has 0 radical (unpaired) electrons. The number of nitrogens with one attached hydrogen (secondary N) is 1. The highest BCUT2D eigenvalue weighted by molar-refractivity contribution is 6.31. The van der Waals surface area contributed by atoms with Crippen LogP contribution in [0.3, 0.4) is 0 Å². The maximum Gasteiger partial charge on any atom is 0.289 e. The number of aromatic amines is 1. The second-order valence-electron chi connectivity index (χ2n) is 22.3. The summed E-state index contributed by atoms with van der Waals surface area (Å²) in [6.07, 6.45) is 3.46. The molecule has 4 aliphatic rings. The minimum Gasteiger partial charge on any atom is -0.497 e. The van der Waals surface area contributed by atoms with Gasteiger partial charge in [0, 0.05) is 125 Å². The number of nitriles is 3. The molecule has 0 spiro atoms. The molecule has 0 aliphatic carbocycles. The highest BCUT2D eigenvalue weighted by Gasteiger charge is 2.36. The van der Waals surface area contributed by atoms with Gasteiger partial charge >= 0.3 is 0 Å². The fourth-order valence-corrected chi connectivity index (χ4v) is 12.1. The van der Waals surface area contributed by atoms with Gasteiger partial charge in [0.1, 0.15) is 53.0 Å². The van der Waals surface area contributed by atoms with Gasteiger partial charge in [0.05, 0.1) is 54.0 Å². The van der Waals surface area contributed by atoms with Crippen molar-refractivity contribution in [1.29, 1.82) is 15.8 Å². The van der Waals surface area contributed by atoms with E-state index in [0.717, 1.165) is 49.9 Å². The predicted octanol–water partition coefficient (Wildman–Crippen LogP) is 8.45. The number of aromatic nitrogens is 4. The lowest BCUT2D eigenvalue weighted by Crippen LogP contribution is -2.49. The maximum absolute atomic E-state index is 12.9. The number of methoxy groups -OCH3 is 1. The highest BCUT2D eigenvalue weighted by Crippen LogP contribution is 2.41. The van der Waals surface area contributed by atoms with E-state index in [1.165, 1.54) is 23.4 Å². The first-order valence-corrected chi connectivity index (χ1v) is 30.2. The molecule has 0 bridgehead atoms. The number of pyridine rings is 2. The van der Waals surface area contributed by atoms with Crippen LogP contribution in [0.15, 0.2) is 161 Å². The number of carbonyl (C=O) groups is 3. The van der Waals surface area contributed by atoms with Crippen molar-refractivity contribution < 1.29 is 33.4 Å². The third-order valence-electron chi connectivity index (χ3n) is 16.8. The Morgan fingerprint density at radius 3 is 1.95 bits per heavy atom. The number of fused-ring (bicyclic) bond motifs is 3. The van der Waals surface area contributed by atoms with Gasteiger partial charge in [-0.05, 0) is 85.3 Å². The number of aliphatic hydroxyl groups excluding tert-OH is 1. The number of aryl methyl sites for hydroxylation is 2. The van der Waals surface area contributed by atoms with Gasteiger partial charge in [0.15, 0.2) is 12.0 Å². The molecule has 4 aliphatic heterocycles. The third-order valence-corrected chi connectivity index (χ3v) is 17.1. The summed E-state index contributed by atoms with van der Waals surface area (Å²) >= 11 is 6.24. The number of furan rings is 1. The minimum absolute atomic E-state index is 0.0383. The number of ether oxygens (including phenoxy) is 2. The first-order valence-electron chi connectivity index (χ1n) is 29.9. The molecule has 3 amide bonds. The molecule has 1 atom stereocenters. The second-order valence-corrected chi connectivity index (χ2v) is 22.7. The van der Waals surface area contributed by atoms with Crippen molar-refractivity contribution in [3.8, 4) is 29.8 Å². The van der Waals surface area contributed by atoms with Crippen LogP contribution in [-0.4, -0.2) is 161 Å². The number of hydrogen-bond acceptors (Lipinski definition) is 17. The zero-order valence-electron chi connectivity index (χ0n) is 51.1. The summed E-state index contributed by atoms with van der Waals surface area (Å²) < 4.78 is 18.0. The summed E-state index contributed by atoms with van der Waals surface area (Å²) in [6.45, 7) is 8.80.